The van der Waals surface area contributed by atoms with Crippen molar-refractivity contribution in [3.63, 3.8) is 0 Å². The molecule has 0 spiro atoms. The van der Waals surface area contributed by atoms with E-state index in [0.717, 1.165) is 17.7 Å². The lowest BCUT2D eigenvalue weighted by atomic mass is 10.1. The largest absolute Gasteiger partial charge is 0.496 e. The molecular weight excluding hydrogens is 320 g/mol. The van der Waals surface area contributed by atoms with Crippen LogP contribution in [0.2, 0.25) is 0 Å². The number of carbonyl (C=O) groups excluding carboxylic acids is 2. The number of anilines is 1. The number of nitrogens with one attached hydrogen (secondary N) is 1. The highest BCUT2D eigenvalue weighted by Gasteiger charge is 2.25. The fraction of sp³-hybridized carbons (Fsp3) is 0.263. The van der Waals surface area contributed by atoms with Crippen molar-refractivity contribution in [3.05, 3.63) is 53.6 Å². The number of ether oxygens (including phenoxy) is 2. The van der Waals surface area contributed by atoms with Crippen LogP contribution in [0.4, 0.5) is 5.69 Å². The van der Waals surface area contributed by atoms with Crippen LogP contribution >= 0.6 is 0 Å². The number of benzene rings is 2. The molecular formula is C19H20N2O4. The van der Waals surface area contributed by atoms with Crippen LogP contribution in [0.1, 0.15) is 15.9 Å². The van der Waals surface area contributed by atoms with Crippen molar-refractivity contribution in [2.45, 2.75) is 6.42 Å². The van der Waals surface area contributed by atoms with E-state index in [0.29, 0.717) is 18.0 Å². The second-order valence-corrected chi connectivity index (χ2v) is 5.64. The van der Waals surface area contributed by atoms with Gasteiger partial charge in [-0.3, -0.25) is 9.59 Å². The van der Waals surface area contributed by atoms with E-state index in [-0.39, 0.29) is 18.0 Å². The number of carbonyl (C=O) groups is 2. The lowest BCUT2D eigenvalue weighted by molar-refractivity contribution is -0.117. The number of rotatable bonds is 5. The van der Waals surface area contributed by atoms with E-state index >= 15 is 0 Å². The van der Waals surface area contributed by atoms with Crippen molar-refractivity contribution in [3.8, 4) is 11.5 Å². The van der Waals surface area contributed by atoms with E-state index in [1.54, 1.807) is 23.1 Å². The predicted molar refractivity (Wildman–Crippen MR) is 94.4 cm³/mol. The van der Waals surface area contributed by atoms with Gasteiger partial charge < -0.3 is 19.7 Å². The summed E-state index contributed by atoms with van der Waals surface area (Å²) in [6.07, 6.45) is 0.830. The van der Waals surface area contributed by atoms with Crippen LogP contribution in [-0.4, -0.2) is 39.1 Å². The van der Waals surface area contributed by atoms with Crippen molar-refractivity contribution in [2.75, 3.05) is 32.2 Å². The molecule has 0 aliphatic carbocycles. The Hall–Kier alpha value is -3.02. The monoisotopic (exact) mass is 340 g/mol. The first-order valence-corrected chi connectivity index (χ1v) is 8.03. The average Bonchev–Trinajstić information content (AvgIpc) is 3.09. The SMILES string of the molecule is COc1cccc(OC)c1C(=O)NCC(=O)N1CCc2ccccc21. The van der Waals surface area contributed by atoms with Gasteiger partial charge in [0.1, 0.15) is 17.1 Å². The van der Waals surface area contributed by atoms with Gasteiger partial charge in [0.25, 0.3) is 5.91 Å². The second kappa shape index (κ2) is 7.25. The van der Waals surface area contributed by atoms with Gasteiger partial charge in [0.2, 0.25) is 5.91 Å². The minimum absolute atomic E-state index is 0.0889. The summed E-state index contributed by atoms with van der Waals surface area (Å²) in [6, 6.07) is 12.9. The van der Waals surface area contributed by atoms with Crippen LogP contribution in [0.15, 0.2) is 42.5 Å². The third kappa shape index (κ3) is 3.28. The first kappa shape index (κ1) is 16.8. The minimum atomic E-state index is -0.407. The molecule has 0 radical (unpaired) electrons. The highest BCUT2D eigenvalue weighted by atomic mass is 16.5. The molecule has 130 valence electrons. The van der Waals surface area contributed by atoms with Crippen LogP contribution in [0.5, 0.6) is 11.5 Å². The molecule has 0 aromatic heterocycles. The summed E-state index contributed by atoms with van der Waals surface area (Å²) in [5.41, 5.74) is 2.34. The quantitative estimate of drug-likeness (QED) is 0.904. The fourth-order valence-corrected chi connectivity index (χ4v) is 3.01. The molecule has 2 aromatic rings. The van der Waals surface area contributed by atoms with Crippen LogP contribution in [0.3, 0.4) is 0 Å². The molecule has 2 amide bonds. The lowest BCUT2D eigenvalue weighted by Crippen LogP contribution is -2.39. The zero-order valence-corrected chi connectivity index (χ0v) is 14.2. The molecule has 0 bridgehead atoms. The molecule has 1 aliphatic rings. The van der Waals surface area contributed by atoms with E-state index in [4.69, 9.17) is 9.47 Å². The van der Waals surface area contributed by atoms with Crippen molar-refractivity contribution < 1.29 is 19.1 Å². The number of fused-ring (bicyclic) bond motifs is 1. The lowest BCUT2D eigenvalue weighted by Gasteiger charge is -2.18. The van der Waals surface area contributed by atoms with Gasteiger partial charge in [0.15, 0.2) is 0 Å². The van der Waals surface area contributed by atoms with Crippen molar-refractivity contribution >= 4 is 17.5 Å². The van der Waals surface area contributed by atoms with Crippen LogP contribution in [-0.2, 0) is 11.2 Å². The van der Waals surface area contributed by atoms with Gasteiger partial charge >= 0.3 is 0 Å². The molecule has 0 saturated heterocycles. The molecule has 0 saturated carbocycles. The van der Waals surface area contributed by atoms with E-state index in [1.165, 1.54) is 14.2 Å². The third-order valence-corrected chi connectivity index (χ3v) is 4.24. The number of para-hydroxylation sites is 1. The number of methoxy groups -OCH3 is 2. The third-order valence-electron chi connectivity index (χ3n) is 4.24. The summed E-state index contributed by atoms with van der Waals surface area (Å²) in [5.74, 6) is 0.244. The second-order valence-electron chi connectivity index (χ2n) is 5.64. The van der Waals surface area contributed by atoms with E-state index in [2.05, 4.69) is 5.32 Å². The van der Waals surface area contributed by atoms with Crippen molar-refractivity contribution in [2.24, 2.45) is 0 Å². The molecule has 3 rings (SSSR count). The standard InChI is InChI=1S/C19H20N2O4/c1-24-15-8-5-9-16(25-2)18(15)19(23)20-12-17(22)21-11-10-13-6-3-4-7-14(13)21/h3-9H,10-12H2,1-2H3,(H,20,23). The molecule has 1 N–H and O–H groups in total. The molecule has 2 aromatic carbocycles. The number of hydrogen-bond donors (Lipinski definition) is 1. The fourth-order valence-electron chi connectivity index (χ4n) is 3.01. The van der Waals surface area contributed by atoms with Gasteiger partial charge in [-0.2, -0.15) is 0 Å². The molecule has 25 heavy (non-hydrogen) atoms. The van der Waals surface area contributed by atoms with Gasteiger partial charge in [0.05, 0.1) is 20.8 Å². The highest BCUT2D eigenvalue weighted by molar-refractivity contribution is 6.03. The Kier molecular flexibility index (Phi) is 4.88. The van der Waals surface area contributed by atoms with Crippen LogP contribution < -0.4 is 19.7 Å². The predicted octanol–water partition coefficient (Wildman–Crippen LogP) is 2.02. The summed E-state index contributed by atoms with van der Waals surface area (Å²) in [5, 5.41) is 2.67. The Morgan fingerprint density at radius 1 is 1.04 bits per heavy atom. The Bertz CT molecular complexity index is 782. The smallest absolute Gasteiger partial charge is 0.259 e. The molecule has 6 heteroatoms. The van der Waals surface area contributed by atoms with Crippen LogP contribution in [0.25, 0.3) is 0 Å². The van der Waals surface area contributed by atoms with Crippen LogP contribution in [0, 0.1) is 0 Å². The van der Waals surface area contributed by atoms with Gasteiger partial charge in [-0.15, -0.1) is 0 Å². The minimum Gasteiger partial charge on any atom is -0.496 e. The first-order valence-electron chi connectivity index (χ1n) is 8.03. The highest BCUT2D eigenvalue weighted by Crippen LogP contribution is 2.29. The molecule has 1 aliphatic heterocycles. The van der Waals surface area contributed by atoms with Gasteiger partial charge in [-0.1, -0.05) is 24.3 Å². The Balaban J connectivity index is 1.70. The van der Waals surface area contributed by atoms with Gasteiger partial charge in [-0.25, -0.2) is 0 Å². The maximum atomic E-state index is 12.5. The summed E-state index contributed by atoms with van der Waals surface area (Å²) >= 11 is 0. The van der Waals surface area contributed by atoms with E-state index in [1.807, 2.05) is 24.3 Å². The summed E-state index contributed by atoms with van der Waals surface area (Å²) in [6.45, 7) is 0.542. The van der Waals surface area contributed by atoms with Crippen molar-refractivity contribution in [1.82, 2.24) is 5.32 Å². The Morgan fingerprint density at radius 2 is 1.72 bits per heavy atom. The zero-order chi connectivity index (χ0) is 17.8. The number of hydrogen-bond acceptors (Lipinski definition) is 4. The number of nitrogens with zero attached hydrogens (tertiary/aromatic N) is 1. The summed E-state index contributed by atoms with van der Waals surface area (Å²) in [7, 11) is 2.97. The first-order chi connectivity index (χ1) is 12.2. The molecule has 6 nitrogen and oxygen atoms in total. The Labute approximate surface area is 146 Å². The average molecular weight is 340 g/mol. The molecule has 0 fully saturated rings. The summed E-state index contributed by atoms with van der Waals surface area (Å²) < 4.78 is 10.5. The van der Waals surface area contributed by atoms with Gasteiger partial charge in [-0.05, 0) is 30.2 Å². The Morgan fingerprint density at radius 3 is 2.40 bits per heavy atom. The molecule has 1 heterocycles. The maximum absolute atomic E-state index is 12.5. The topological polar surface area (TPSA) is 67.9 Å². The maximum Gasteiger partial charge on any atom is 0.259 e. The molecule has 0 atom stereocenters. The normalized spacial score (nSPS) is 12.5. The number of amides is 2. The zero-order valence-electron chi connectivity index (χ0n) is 14.2. The van der Waals surface area contributed by atoms with E-state index in [9.17, 15) is 9.59 Å². The summed E-state index contributed by atoms with van der Waals surface area (Å²) in [4.78, 5) is 26.7. The van der Waals surface area contributed by atoms with Crippen molar-refractivity contribution in [1.29, 1.82) is 0 Å². The van der Waals surface area contributed by atoms with E-state index < -0.39 is 5.91 Å². The molecule has 0 unspecified atom stereocenters. The van der Waals surface area contributed by atoms with Gasteiger partial charge in [0, 0.05) is 12.2 Å².